The van der Waals surface area contributed by atoms with E-state index in [0.717, 1.165) is 66.4 Å². The molecular weight excluding hydrogens is 332 g/mol. The number of thiophene rings is 1. The molecule has 0 radical (unpaired) electrons. The van der Waals surface area contributed by atoms with Gasteiger partial charge in [-0.2, -0.15) is 0 Å². The predicted octanol–water partition coefficient (Wildman–Crippen LogP) is 3.54. The van der Waals surface area contributed by atoms with Gasteiger partial charge in [-0.25, -0.2) is 4.98 Å². The van der Waals surface area contributed by atoms with Gasteiger partial charge in [-0.05, 0) is 42.0 Å². The van der Waals surface area contributed by atoms with Crippen molar-refractivity contribution in [2.24, 2.45) is 0 Å². The molecule has 3 heterocycles. The standard InChI is InChI=1S/C19H22N4OS/c1-2-14-8-13-25-17(14)18(24)22-9-5-10-23(12-11-22)19-20-15-6-3-4-7-16(15)21-19/h3-4,6-8,13H,2,5,9-12H2,1H3,(H,20,21). The summed E-state index contributed by atoms with van der Waals surface area (Å²) in [5.74, 6) is 1.08. The number of hydrogen-bond acceptors (Lipinski definition) is 4. The Morgan fingerprint density at radius 3 is 2.92 bits per heavy atom. The third kappa shape index (κ3) is 3.14. The summed E-state index contributed by atoms with van der Waals surface area (Å²) in [6, 6.07) is 10.1. The lowest BCUT2D eigenvalue weighted by atomic mass is 10.2. The number of aromatic nitrogens is 2. The van der Waals surface area contributed by atoms with Crippen molar-refractivity contribution in [3.63, 3.8) is 0 Å². The number of para-hydroxylation sites is 2. The summed E-state index contributed by atoms with van der Waals surface area (Å²) in [5.41, 5.74) is 3.20. The number of nitrogens with zero attached hydrogens (tertiary/aromatic N) is 3. The number of H-pyrrole nitrogens is 1. The maximum absolute atomic E-state index is 12.9. The van der Waals surface area contributed by atoms with Crippen molar-refractivity contribution in [1.29, 1.82) is 0 Å². The molecule has 1 aromatic carbocycles. The number of hydrogen-bond donors (Lipinski definition) is 1. The van der Waals surface area contributed by atoms with Crippen molar-refractivity contribution in [2.75, 3.05) is 31.1 Å². The highest BCUT2D eigenvalue weighted by molar-refractivity contribution is 7.12. The molecule has 0 saturated carbocycles. The summed E-state index contributed by atoms with van der Waals surface area (Å²) >= 11 is 1.56. The van der Waals surface area contributed by atoms with E-state index >= 15 is 0 Å². The molecule has 5 nitrogen and oxygen atoms in total. The molecule has 25 heavy (non-hydrogen) atoms. The van der Waals surface area contributed by atoms with E-state index in [1.807, 2.05) is 34.5 Å². The minimum absolute atomic E-state index is 0.179. The second-order valence-electron chi connectivity index (χ2n) is 6.34. The maximum Gasteiger partial charge on any atom is 0.264 e. The third-order valence-electron chi connectivity index (χ3n) is 4.78. The number of aryl methyl sites for hydroxylation is 1. The summed E-state index contributed by atoms with van der Waals surface area (Å²) in [6.45, 7) is 5.35. The van der Waals surface area contributed by atoms with Gasteiger partial charge < -0.3 is 14.8 Å². The van der Waals surface area contributed by atoms with Crippen LogP contribution in [0.5, 0.6) is 0 Å². The van der Waals surface area contributed by atoms with Crippen molar-refractivity contribution >= 4 is 34.2 Å². The quantitative estimate of drug-likeness (QED) is 0.783. The van der Waals surface area contributed by atoms with Crippen LogP contribution in [0.4, 0.5) is 5.95 Å². The normalized spacial score (nSPS) is 15.6. The Hall–Kier alpha value is -2.34. The highest BCUT2D eigenvalue weighted by atomic mass is 32.1. The number of amides is 1. The number of imidazole rings is 1. The van der Waals surface area contributed by atoms with Gasteiger partial charge in [0.15, 0.2) is 0 Å². The van der Waals surface area contributed by atoms with Gasteiger partial charge in [0.05, 0.1) is 15.9 Å². The number of nitrogens with one attached hydrogen (secondary N) is 1. The van der Waals surface area contributed by atoms with Crippen LogP contribution in [0.1, 0.15) is 28.6 Å². The van der Waals surface area contributed by atoms with Crippen molar-refractivity contribution in [3.8, 4) is 0 Å². The Kier molecular flexibility index (Phi) is 4.44. The number of benzene rings is 1. The monoisotopic (exact) mass is 354 g/mol. The number of anilines is 1. The Labute approximate surface area is 151 Å². The topological polar surface area (TPSA) is 52.2 Å². The Bertz CT molecular complexity index is 851. The van der Waals surface area contributed by atoms with Crippen LogP contribution in [0.25, 0.3) is 11.0 Å². The van der Waals surface area contributed by atoms with E-state index in [1.54, 1.807) is 11.3 Å². The number of aromatic amines is 1. The fourth-order valence-electron chi connectivity index (χ4n) is 3.37. The summed E-state index contributed by atoms with van der Waals surface area (Å²) in [7, 11) is 0. The van der Waals surface area contributed by atoms with Crippen LogP contribution < -0.4 is 4.90 Å². The number of carbonyl (C=O) groups is 1. The molecule has 3 aromatic rings. The highest BCUT2D eigenvalue weighted by Gasteiger charge is 2.23. The van der Waals surface area contributed by atoms with Crippen LogP contribution in [-0.4, -0.2) is 47.0 Å². The Morgan fingerprint density at radius 1 is 1.20 bits per heavy atom. The fraction of sp³-hybridized carbons (Fsp3) is 0.368. The molecule has 0 aliphatic carbocycles. The van der Waals surface area contributed by atoms with E-state index in [-0.39, 0.29) is 5.91 Å². The van der Waals surface area contributed by atoms with E-state index in [9.17, 15) is 4.79 Å². The first-order chi connectivity index (χ1) is 12.3. The molecule has 0 spiro atoms. The second kappa shape index (κ2) is 6.88. The van der Waals surface area contributed by atoms with Crippen LogP contribution in [0, 0.1) is 0 Å². The lowest BCUT2D eigenvalue weighted by Gasteiger charge is -2.21. The maximum atomic E-state index is 12.9. The first-order valence-corrected chi connectivity index (χ1v) is 9.69. The number of rotatable bonds is 3. The van der Waals surface area contributed by atoms with Gasteiger partial charge in [0, 0.05) is 26.2 Å². The van der Waals surface area contributed by atoms with Crippen molar-refractivity contribution < 1.29 is 4.79 Å². The minimum Gasteiger partial charge on any atom is -0.341 e. The fourth-order valence-corrected chi connectivity index (χ4v) is 4.33. The molecule has 1 amide bonds. The van der Waals surface area contributed by atoms with E-state index in [2.05, 4.69) is 22.9 Å². The van der Waals surface area contributed by atoms with Gasteiger partial charge in [0.2, 0.25) is 5.95 Å². The molecular formula is C19H22N4OS. The van der Waals surface area contributed by atoms with Crippen LogP contribution in [0.3, 0.4) is 0 Å². The molecule has 1 aliphatic heterocycles. The van der Waals surface area contributed by atoms with Crippen LogP contribution in [0.2, 0.25) is 0 Å². The zero-order chi connectivity index (χ0) is 17.2. The molecule has 0 bridgehead atoms. The number of carbonyl (C=O) groups excluding carboxylic acids is 1. The zero-order valence-electron chi connectivity index (χ0n) is 14.4. The van der Waals surface area contributed by atoms with Crippen LogP contribution in [0.15, 0.2) is 35.7 Å². The van der Waals surface area contributed by atoms with Crippen molar-refractivity contribution in [1.82, 2.24) is 14.9 Å². The number of fused-ring (bicyclic) bond motifs is 1. The van der Waals surface area contributed by atoms with Crippen LogP contribution in [-0.2, 0) is 6.42 Å². The third-order valence-corrected chi connectivity index (χ3v) is 5.73. The van der Waals surface area contributed by atoms with Gasteiger partial charge in [0.25, 0.3) is 5.91 Å². The van der Waals surface area contributed by atoms with E-state index in [4.69, 9.17) is 4.98 Å². The smallest absolute Gasteiger partial charge is 0.264 e. The zero-order valence-corrected chi connectivity index (χ0v) is 15.2. The first kappa shape index (κ1) is 16.1. The molecule has 130 valence electrons. The first-order valence-electron chi connectivity index (χ1n) is 8.81. The SMILES string of the molecule is CCc1ccsc1C(=O)N1CCCN(c2nc3ccccc3[nH]2)CC1. The molecule has 1 aliphatic rings. The second-order valence-corrected chi connectivity index (χ2v) is 7.25. The largest absolute Gasteiger partial charge is 0.341 e. The summed E-state index contributed by atoms with van der Waals surface area (Å²) < 4.78 is 0. The summed E-state index contributed by atoms with van der Waals surface area (Å²) in [6.07, 6.45) is 1.86. The lowest BCUT2D eigenvalue weighted by molar-refractivity contribution is 0.0771. The Balaban J connectivity index is 1.49. The molecule has 1 saturated heterocycles. The molecule has 2 aromatic heterocycles. The summed E-state index contributed by atoms with van der Waals surface area (Å²) in [4.78, 5) is 26.1. The van der Waals surface area contributed by atoms with Gasteiger partial charge in [-0.1, -0.05) is 19.1 Å². The average molecular weight is 354 g/mol. The lowest BCUT2D eigenvalue weighted by Crippen LogP contribution is -2.35. The van der Waals surface area contributed by atoms with Gasteiger partial charge in [-0.3, -0.25) is 4.79 Å². The predicted molar refractivity (Wildman–Crippen MR) is 103 cm³/mol. The van der Waals surface area contributed by atoms with E-state index in [1.165, 1.54) is 0 Å². The van der Waals surface area contributed by atoms with Gasteiger partial charge >= 0.3 is 0 Å². The van der Waals surface area contributed by atoms with Crippen molar-refractivity contribution in [3.05, 3.63) is 46.2 Å². The Morgan fingerprint density at radius 2 is 2.08 bits per heavy atom. The van der Waals surface area contributed by atoms with Crippen LogP contribution >= 0.6 is 11.3 Å². The summed E-state index contributed by atoms with van der Waals surface area (Å²) in [5, 5.41) is 2.02. The molecule has 0 atom stereocenters. The molecule has 1 fully saturated rings. The van der Waals surface area contributed by atoms with E-state index < -0.39 is 0 Å². The molecule has 6 heteroatoms. The van der Waals surface area contributed by atoms with Crippen molar-refractivity contribution in [2.45, 2.75) is 19.8 Å². The van der Waals surface area contributed by atoms with Gasteiger partial charge in [0.1, 0.15) is 0 Å². The molecule has 1 N–H and O–H groups in total. The molecule has 0 unspecified atom stereocenters. The van der Waals surface area contributed by atoms with Gasteiger partial charge in [-0.15, -0.1) is 11.3 Å². The minimum atomic E-state index is 0.179. The highest BCUT2D eigenvalue weighted by Crippen LogP contribution is 2.22. The molecule has 4 rings (SSSR count). The average Bonchev–Trinajstić information content (AvgIpc) is 3.21. The van der Waals surface area contributed by atoms with E-state index in [0.29, 0.717) is 0 Å².